The Morgan fingerprint density at radius 3 is 0.667 bits per heavy atom. The van der Waals surface area contributed by atoms with E-state index in [9.17, 15) is 0 Å². The van der Waals surface area contributed by atoms with Gasteiger partial charge in [0.2, 0.25) is 0 Å². The normalized spacial score (nSPS) is 12.0. The van der Waals surface area contributed by atoms with Crippen molar-refractivity contribution >= 4 is 0 Å². The van der Waals surface area contributed by atoms with E-state index in [4.69, 9.17) is 0 Å². The highest BCUT2D eigenvalue weighted by Gasteiger charge is 2.25. The summed E-state index contributed by atoms with van der Waals surface area (Å²) < 4.78 is 1.45. The van der Waals surface area contributed by atoms with Crippen LogP contribution in [0.1, 0.15) is 201 Å². The fraction of sp³-hybridized carbons (Fsp3) is 1.00. The van der Waals surface area contributed by atoms with Crippen LogP contribution in [0, 0.1) is 0 Å². The summed E-state index contributed by atoms with van der Waals surface area (Å²) in [6.07, 6.45) is 39.3. The predicted octanol–water partition coefficient (Wildman–Crippen LogP) is 12.4. The van der Waals surface area contributed by atoms with Gasteiger partial charge in [0, 0.05) is 0 Å². The fourth-order valence-corrected chi connectivity index (χ4v) is 6.24. The van der Waals surface area contributed by atoms with Gasteiger partial charge in [-0.2, -0.15) is 0 Å². The molecule has 218 valence electrons. The third kappa shape index (κ3) is 24.3. The first-order valence-corrected chi connectivity index (χ1v) is 17.6. The number of hydrogen-bond donors (Lipinski definition) is 0. The van der Waals surface area contributed by atoms with Gasteiger partial charge in [0.1, 0.15) is 0 Å². The number of nitrogens with zero attached hydrogens (tertiary/aromatic N) is 1. The van der Waals surface area contributed by atoms with E-state index in [2.05, 4.69) is 27.7 Å². The number of unbranched alkanes of at least 4 members (excludes halogenated alkanes) is 23. The summed E-state index contributed by atoms with van der Waals surface area (Å²) in [4.78, 5) is 0. The molecule has 0 aliphatic heterocycles. The Balaban J connectivity index is 4.14. The van der Waals surface area contributed by atoms with Crippen molar-refractivity contribution in [2.24, 2.45) is 0 Å². The topological polar surface area (TPSA) is 0 Å². The Bertz CT molecular complexity index is 374. The molecule has 0 bridgehead atoms. The van der Waals surface area contributed by atoms with Crippen LogP contribution in [-0.2, 0) is 0 Å². The molecule has 0 aliphatic rings. The Kier molecular flexibility index (Phi) is 29.5. The Labute approximate surface area is 231 Å². The molecule has 0 atom stereocenters. The summed E-state index contributed by atoms with van der Waals surface area (Å²) in [7, 11) is 0. The smallest absolute Gasteiger partial charge is 0.0786 e. The van der Waals surface area contributed by atoms with Crippen LogP contribution in [0.2, 0.25) is 0 Å². The van der Waals surface area contributed by atoms with E-state index in [1.807, 2.05) is 0 Å². The molecule has 0 heterocycles. The second kappa shape index (κ2) is 29.5. The van der Waals surface area contributed by atoms with Gasteiger partial charge in [-0.05, 0) is 44.9 Å². The molecule has 0 spiro atoms. The lowest BCUT2D eigenvalue weighted by atomic mass is 10.0. The molecule has 1 heteroatoms. The SMILES string of the molecule is CCCCCCCCCCCCCCCC[N+](CCC)(CCCCCCCC)CCCCCCCC. The summed E-state index contributed by atoms with van der Waals surface area (Å²) >= 11 is 0. The Morgan fingerprint density at radius 1 is 0.222 bits per heavy atom. The van der Waals surface area contributed by atoms with Crippen molar-refractivity contribution in [1.82, 2.24) is 0 Å². The second-order valence-electron chi connectivity index (χ2n) is 12.4. The van der Waals surface area contributed by atoms with Crippen LogP contribution >= 0.6 is 0 Å². The lowest BCUT2D eigenvalue weighted by Crippen LogP contribution is -2.50. The standard InChI is InChI=1S/C35H74N/c1-5-9-12-15-18-19-20-21-22-23-24-25-28-31-35-36(32-8-4,33-29-26-16-13-10-6-2)34-30-27-17-14-11-7-3/h5-35H2,1-4H3/q+1. The molecule has 0 fully saturated rings. The molecule has 0 saturated heterocycles. The van der Waals surface area contributed by atoms with Crippen molar-refractivity contribution in [3.63, 3.8) is 0 Å². The molecule has 1 nitrogen and oxygen atoms in total. The first kappa shape index (κ1) is 36.0. The molecule has 0 aromatic carbocycles. The van der Waals surface area contributed by atoms with E-state index < -0.39 is 0 Å². The van der Waals surface area contributed by atoms with Crippen LogP contribution in [0.5, 0.6) is 0 Å². The van der Waals surface area contributed by atoms with E-state index in [1.54, 1.807) is 0 Å². The van der Waals surface area contributed by atoms with E-state index >= 15 is 0 Å². The predicted molar refractivity (Wildman–Crippen MR) is 167 cm³/mol. The minimum Gasteiger partial charge on any atom is -0.324 e. The van der Waals surface area contributed by atoms with Crippen molar-refractivity contribution in [3.8, 4) is 0 Å². The highest BCUT2D eigenvalue weighted by Crippen LogP contribution is 2.20. The van der Waals surface area contributed by atoms with Crippen LogP contribution in [0.4, 0.5) is 0 Å². The molecule has 0 aromatic rings. The van der Waals surface area contributed by atoms with Crippen LogP contribution in [0.15, 0.2) is 0 Å². The molecule has 0 rings (SSSR count). The zero-order valence-corrected chi connectivity index (χ0v) is 26.4. The van der Waals surface area contributed by atoms with E-state index in [0.29, 0.717) is 0 Å². The molecular weight excluding hydrogens is 434 g/mol. The van der Waals surface area contributed by atoms with Gasteiger partial charge in [-0.3, -0.25) is 0 Å². The average molecular weight is 509 g/mol. The molecule has 36 heavy (non-hydrogen) atoms. The summed E-state index contributed by atoms with van der Waals surface area (Å²) in [5.74, 6) is 0. The molecule has 0 radical (unpaired) electrons. The van der Waals surface area contributed by atoms with Gasteiger partial charge in [0.15, 0.2) is 0 Å². The summed E-state index contributed by atoms with van der Waals surface area (Å²) in [6, 6.07) is 0. The van der Waals surface area contributed by atoms with Crippen molar-refractivity contribution in [3.05, 3.63) is 0 Å². The minimum atomic E-state index is 1.37. The monoisotopic (exact) mass is 509 g/mol. The van der Waals surface area contributed by atoms with Gasteiger partial charge in [0.05, 0.1) is 26.2 Å². The highest BCUT2D eigenvalue weighted by atomic mass is 15.3. The third-order valence-corrected chi connectivity index (χ3v) is 8.66. The lowest BCUT2D eigenvalue weighted by Gasteiger charge is -2.39. The number of hydrogen-bond acceptors (Lipinski definition) is 0. The largest absolute Gasteiger partial charge is 0.324 e. The quantitative estimate of drug-likeness (QED) is 0.0645. The van der Waals surface area contributed by atoms with E-state index in [0.717, 1.165) is 0 Å². The Morgan fingerprint density at radius 2 is 0.444 bits per heavy atom. The summed E-state index contributed by atoms with van der Waals surface area (Å²) in [5.41, 5.74) is 0. The van der Waals surface area contributed by atoms with Crippen LogP contribution in [0.25, 0.3) is 0 Å². The minimum absolute atomic E-state index is 1.37. The van der Waals surface area contributed by atoms with Gasteiger partial charge < -0.3 is 4.48 Å². The first-order chi connectivity index (χ1) is 17.7. The zero-order chi connectivity index (χ0) is 26.4. The van der Waals surface area contributed by atoms with Crippen molar-refractivity contribution in [2.75, 3.05) is 26.2 Å². The number of quaternary nitrogens is 1. The lowest BCUT2D eigenvalue weighted by molar-refractivity contribution is -0.929. The Hall–Kier alpha value is -0.0400. The summed E-state index contributed by atoms with van der Waals surface area (Å²) in [5, 5.41) is 0. The van der Waals surface area contributed by atoms with Gasteiger partial charge in [-0.15, -0.1) is 0 Å². The molecule has 0 aromatic heterocycles. The summed E-state index contributed by atoms with van der Waals surface area (Å²) in [6.45, 7) is 15.2. The van der Waals surface area contributed by atoms with Crippen LogP contribution in [0.3, 0.4) is 0 Å². The van der Waals surface area contributed by atoms with Gasteiger partial charge in [-0.25, -0.2) is 0 Å². The maximum Gasteiger partial charge on any atom is 0.0786 e. The van der Waals surface area contributed by atoms with Crippen molar-refractivity contribution in [1.29, 1.82) is 0 Å². The van der Waals surface area contributed by atoms with Crippen LogP contribution in [-0.4, -0.2) is 30.7 Å². The maximum absolute atomic E-state index is 2.43. The zero-order valence-electron chi connectivity index (χ0n) is 26.4. The third-order valence-electron chi connectivity index (χ3n) is 8.66. The van der Waals surface area contributed by atoms with Gasteiger partial charge in [-0.1, -0.05) is 156 Å². The highest BCUT2D eigenvalue weighted by molar-refractivity contribution is 4.54. The second-order valence-corrected chi connectivity index (χ2v) is 12.4. The molecule has 0 unspecified atom stereocenters. The molecule has 0 amide bonds. The van der Waals surface area contributed by atoms with Crippen molar-refractivity contribution < 1.29 is 4.48 Å². The average Bonchev–Trinajstić information content (AvgIpc) is 2.88. The molecule has 0 aliphatic carbocycles. The number of rotatable bonds is 31. The fourth-order valence-electron chi connectivity index (χ4n) is 6.24. The van der Waals surface area contributed by atoms with Gasteiger partial charge in [0.25, 0.3) is 0 Å². The molecule has 0 N–H and O–H groups in total. The first-order valence-electron chi connectivity index (χ1n) is 17.6. The van der Waals surface area contributed by atoms with E-state index in [1.165, 1.54) is 204 Å². The van der Waals surface area contributed by atoms with Gasteiger partial charge >= 0.3 is 0 Å². The molecular formula is C35H74N+. The van der Waals surface area contributed by atoms with Crippen molar-refractivity contribution in [2.45, 2.75) is 201 Å². The van der Waals surface area contributed by atoms with Crippen LogP contribution < -0.4 is 0 Å². The maximum atomic E-state index is 2.43. The molecule has 0 saturated carbocycles. The van der Waals surface area contributed by atoms with E-state index in [-0.39, 0.29) is 0 Å².